The van der Waals surface area contributed by atoms with E-state index in [-0.39, 0.29) is 0 Å². The van der Waals surface area contributed by atoms with Crippen LogP contribution in [0.25, 0.3) is 11.1 Å². The van der Waals surface area contributed by atoms with Gasteiger partial charge in [-0.25, -0.2) is 8.42 Å². The molecule has 1 saturated heterocycles. The van der Waals surface area contributed by atoms with Crippen molar-refractivity contribution in [3.63, 3.8) is 0 Å². The number of benzene rings is 3. The molecule has 3 aromatic rings. The van der Waals surface area contributed by atoms with E-state index < -0.39 is 10.0 Å². The highest BCUT2D eigenvalue weighted by molar-refractivity contribution is 7.89. The monoisotopic (exact) mass is 404 g/mol. The fraction of sp³-hybridized carbons (Fsp3) is 0.250. The minimum Gasteiger partial charge on any atom is -0.296 e. The fourth-order valence-corrected chi connectivity index (χ4v) is 5.87. The van der Waals surface area contributed by atoms with Gasteiger partial charge in [-0.15, -0.1) is 0 Å². The average Bonchev–Trinajstić information content (AvgIpc) is 3.13. The van der Waals surface area contributed by atoms with Crippen LogP contribution in [0, 0.1) is 0 Å². The topological polar surface area (TPSA) is 40.6 Å². The Labute approximate surface area is 172 Å². The lowest BCUT2D eigenvalue weighted by Crippen LogP contribution is -2.48. The summed E-state index contributed by atoms with van der Waals surface area (Å²) < 4.78 is 28.1. The normalized spacial score (nSPS) is 17.1. The molecule has 0 unspecified atom stereocenters. The predicted octanol–water partition coefficient (Wildman–Crippen LogP) is 3.76. The van der Waals surface area contributed by atoms with Gasteiger partial charge in [0.25, 0.3) is 0 Å². The molecular weight excluding hydrogens is 380 g/mol. The molecule has 0 radical (unpaired) electrons. The molecule has 2 aliphatic rings. The lowest BCUT2D eigenvalue weighted by molar-refractivity contribution is 0.181. The molecule has 0 amide bonds. The van der Waals surface area contributed by atoms with Crippen LogP contribution in [0.4, 0.5) is 0 Å². The summed E-state index contributed by atoms with van der Waals surface area (Å²) >= 11 is 0. The molecule has 1 heterocycles. The molecule has 0 aromatic heterocycles. The summed E-state index contributed by atoms with van der Waals surface area (Å²) in [6.45, 7) is 3.44. The maximum atomic E-state index is 13.2. The van der Waals surface area contributed by atoms with Crippen molar-refractivity contribution in [2.75, 3.05) is 26.2 Å². The smallest absolute Gasteiger partial charge is 0.243 e. The summed E-state index contributed by atoms with van der Waals surface area (Å²) in [6.07, 6.45) is 0.805. The lowest BCUT2D eigenvalue weighted by atomic mass is 10.1. The van der Waals surface area contributed by atoms with E-state index in [0.29, 0.717) is 18.0 Å². The minimum atomic E-state index is -3.46. The third kappa shape index (κ3) is 3.50. The van der Waals surface area contributed by atoms with Gasteiger partial charge in [-0.2, -0.15) is 4.31 Å². The maximum Gasteiger partial charge on any atom is 0.243 e. The maximum absolute atomic E-state index is 13.2. The number of sulfonamides is 1. The van der Waals surface area contributed by atoms with Crippen molar-refractivity contribution < 1.29 is 8.42 Å². The molecule has 0 saturated carbocycles. The van der Waals surface area contributed by atoms with E-state index in [4.69, 9.17) is 0 Å². The van der Waals surface area contributed by atoms with Gasteiger partial charge in [0.2, 0.25) is 10.0 Å². The van der Waals surface area contributed by atoms with E-state index in [1.165, 1.54) is 16.7 Å². The van der Waals surface area contributed by atoms with Crippen molar-refractivity contribution in [1.29, 1.82) is 0 Å². The number of piperazine rings is 1. The molecule has 5 rings (SSSR count). The molecule has 1 fully saturated rings. The molecule has 29 heavy (non-hydrogen) atoms. The highest BCUT2D eigenvalue weighted by Crippen LogP contribution is 2.37. The van der Waals surface area contributed by atoms with Crippen LogP contribution in [-0.4, -0.2) is 43.8 Å². The van der Waals surface area contributed by atoms with E-state index in [1.54, 1.807) is 10.4 Å². The van der Waals surface area contributed by atoms with E-state index in [0.717, 1.165) is 37.2 Å². The standard InChI is InChI=1S/C24H24N2O2S/c27-29(28,26-14-12-25(13-15-26)18-19-6-2-1-3-7-19)22-10-11-24-21(17-22)16-20-8-4-5-9-23(20)24/h1-11,17H,12-16,18H2. The quantitative estimate of drug-likeness (QED) is 0.520. The predicted molar refractivity (Wildman–Crippen MR) is 115 cm³/mol. The van der Waals surface area contributed by atoms with Gasteiger partial charge in [-0.1, -0.05) is 60.7 Å². The summed E-state index contributed by atoms with van der Waals surface area (Å²) in [7, 11) is -3.46. The molecule has 4 nitrogen and oxygen atoms in total. The summed E-state index contributed by atoms with van der Waals surface area (Å²) in [5.74, 6) is 0. The van der Waals surface area contributed by atoms with Crippen molar-refractivity contribution >= 4 is 10.0 Å². The molecule has 148 valence electrons. The number of nitrogens with zero attached hydrogens (tertiary/aromatic N) is 2. The van der Waals surface area contributed by atoms with E-state index >= 15 is 0 Å². The summed E-state index contributed by atoms with van der Waals surface area (Å²) in [6, 6.07) is 24.3. The molecule has 1 aliphatic heterocycles. The largest absolute Gasteiger partial charge is 0.296 e. The molecule has 0 N–H and O–H groups in total. The van der Waals surface area contributed by atoms with Crippen LogP contribution in [0.3, 0.4) is 0 Å². The zero-order valence-corrected chi connectivity index (χ0v) is 17.1. The first-order valence-corrected chi connectivity index (χ1v) is 11.5. The Morgan fingerprint density at radius 1 is 0.724 bits per heavy atom. The molecule has 0 spiro atoms. The number of rotatable bonds is 4. The zero-order valence-electron chi connectivity index (χ0n) is 16.3. The summed E-state index contributed by atoms with van der Waals surface area (Å²) in [5, 5.41) is 0. The van der Waals surface area contributed by atoms with Gasteiger partial charge in [-0.3, -0.25) is 4.90 Å². The van der Waals surface area contributed by atoms with Crippen molar-refractivity contribution in [2.45, 2.75) is 17.9 Å². The second-order valence-corrected chi connectivity index (χ2v) is 9.76. The Kier molecular flexibility index (Phi) is 4.74. The Morgan fingerprint density at radius 2 is 1.41 bits per heavy atom. The molecule has 1 aliphatic carbocycles. The van der Waals surface area contributed by atoms with Crippen molar-refractivity contribution in [2.24, 2.45) is 0 Å². The van der Waals surface area contributed by atoms with Gasteiger partial charge in [0.15, 0.2) is 0 Å². The molecular formula is C24H24N2O2S. The first kappa shape index (κ1) is 18.6. The second-order valence-electron chi connectivity index (χ2n) is 7.82. The van der Waals surface area contributed by atoms with Gasteiger partial charge in [0.05, 0.1) is 4.90 Å². The zero-order chi connectivity index (χ0) is 19.8. The highest BCUT2D eigenvalue weighted by Gasteiger charge is 2.30. The van der Waals surface area contributed by atoms with E-state index in [9.17, 15) is 8.42 Å². The van der Waals surface area contributed by atoms with E-state index in [1.807, 2.05) is 42.5 Å². The van der Waals surface area contributed by atoms with E-state index in [2.05, 4.69) is 29.2 Å². The third-order valence-corrected chi connectivity index (χ3v) is 7.88. The third-order valence-electron chi connectivity index (χ3n) is 5.98. The van der Waals surface area contributed by atoms with Gasteiger partial charge < -0.3 is 0 Å². The Bertz CT molecular complexity index is 1130. The van der Waals surface area contributed by atoms with Crippen LogP contribution >= 0.6 is 0 Å². The first-order valence-electron chi connectivity index (χ1n) is 10.1. The Balaban J connectivity index is 1.30. The van der Waals surface area contributed by atoms with Gasteiger partial charge >= 0.3 is 0 Å². The van der Waals surface area contributed by atoms with Crippen LogP contribution in [0.1, 0.15) is 16.7 Å². The van der Waals surface area contributed by atoms with Gasteiger partial charge in [0.1, 0.15) is 0 Å². The fourth-order valence-electron chi connectivity index (χ4n) is 4.40. The number of fused-ring (bicyclic) bond motifs is 3. The summed E-state index contributed by atoms with van der Waals surface area (Å²) in [5.41, 5.74) is 6.02. The molecule has 0 atom stereocenters. The SMILES string of the molecule is O=S(=O)(c1ccc2c(c1)Cc1ccccc1-2)N1CCN(Cc2ccccc2)CC1. The molecule has 3 aromatic carbocycles. The van der Waals surface area contributed by atoms with Crippen LogP contribution in [0.15, 0.2) is 77.7 Å². The average molecular weight is 405 g/mol. The van der Waals surface area contributed by atoms with Crippen LogP contribution in [-0.2, 0) is 23.0 Å². The van der Waals surface area contributed by atoms with Crippen molar-refractivity contribution in [3.8, 4) is 11.1 Å². The van der Waals surface area contributed by atoms with Gasteiger partial charge in [-0.05, 0) is 46.4 Å². The molecule has 5 heteroatoms. The Morgan fingerprint density at radius 3 is 2.21 bits per heavy atom. The highest BCUT2D eigenvalue weighted by atomic mass is 32.2. The van der Waals surface area contributed by atoms with Crippen molar-refractivity contribution in [1.82, 2.24) is 9.21 Å². The second kappa shape index (κ2) is 7.41. The minimum absolute atomic E-state index is 0.417. The number of hydrogen-bond donors (Lipinski definition) is 0. The Hall–Kier alpha value is -2.47. The summed E-state index contributed by atoms with van der Waals surface area (Å²) in [4.78, 5) is 2.74. The van der Waals surface area contributed by atoms with Gasteiger partial charge in [0, 0.05) is 32.7 Å². The van der Waals surface area contributed by atoms with Crippen molar-refractivity contribution in [3.05, 3.63) is 89.5 Å². The van der Waals surface area contributed by atoms with Crippen LogP contribution in [0.2, 0.25) is 0 Å². The molecule has 0 bridgehead atoms. The lowest BCUT2D eigenvalue weighted by Gasteiger charge is -2.34. The van der Waals surface area contributed by atoms with Crippen LogP contribution in [0.5, 0.6) is 0 Å². The van der Waals surface area contributed by atoms with Crippen LogP contribution < -0.4 is 0 Å². The number of hydrogen-bond acceptors (Lipinski definition) is 3. The first-order chi connectivity index (χ1) is 14.1.